The van der Waals surface area contributed by atoms with Crippen molar-refractivity contribution in [3.63, 3.8) is 0 Å². The summed E-state index contributed by atoms with van der Waals surface area (Å²) in [6, 6.07) is 0.636. The first-order valence-corrected chi connectivity index (χ1v) is 10.4. The molecule has 0 spiro atoms. The second kappa shape index (κ2) is 10.1. The number of quaternary nitrogens is 1. The zero-order valence-electron chi connectivity index (χ0n) is 13.8. The number of carbonyl (C=O) groups is 1. The molecule has 2 fully saturated rings. The Bertz CT molecular complexity index is 332. The van der Waals surface area contributed by atoms with Gasteiger partial charge in [-0.1, -0.05) is 19.3 Å². The normalized spacial score (nSPS) is 28.8. The fourth-order valence-corrected chi connectivity index (χ4v) is 4.74. The lowest BCUT2D eigenvalue weighted by Crippen LogP contribution is -3.15. The van der Waals surface area contributed by atoms with Crippen molar-refractivity contribution in [1.29, 1.82) is 0 Å². The second-order valence-electron chi connectivity index (χ2n) is 6.74. The van der Waals surface area contributed by atoms with Gasteiger partial charge < -0.3 is 14.4 Å². The third-order valence-corrected chi connectivity index (χ3v) is 6.18. The Hall–Kier alpha value is 0.120. The van der Waals surface area contributed by atoms with Gasteiger partial charge >= 0.3 is 5.97 Å². The molecule has 0 radical (unpaired) electrons. The lowest BCUT2D eigenvalue weighted by Gasteiger charge is -2.31. The number of alkyl halides is 1. The van der Waals surface area contributed by atoms with Crippen molar-refractivity contribution in [3.05, 3.63) is 0 Å². The van der Waals surface area contributed by atoms with E-state index in [1.807, 2.05) is 0 Å². The Labute approximate surface area is 148 Å². The maximum atomic E-state index is 12.4. The second-order valence-corrected chi connectivity index (χ2v) is 7.51. The monoisotopic (exact) mass is 424 g/mol. The largest absolute Gasteiger partial charge is 0.455 e. The average molecular weight is 424 g/mol. The lowest BCUT2D eigenvalue weighted by molar-refractivity contribution is -0.903. The molecule has 22 heavy (non-hydrogen) atoms. The Kier molecular flexibility index (Phi) is 8.46. The number of nitrogens with one attached hydrogen (secondary N) is 1. The SMILES string of the molecule is CO[C@@H]1CCCC[C@H]1OC(=O)C[NH+](CI)C1CCCCCC1. The summed E-state index contributed by atoms with van der Waals surface area (Å²) in [6.07, 6.45) is 12.2. The third kappa shape index (κ3) is 5.64. The maximum Gasteiger partial charge on any atom is 0.362 e. The van der Waals surface area contributed by atoms with E-state index in [1.54, 1.807) is 7.11 Å². The minimum Gasteiger partial charge on any atom is -0.455 e. The summed E-state index contributed by atoms with van der Waals surface area (Å²) in [7, 11) is 1.73. The van der Waals surface area contributed by atoms with Crippen LogP contribution >= 0.6 is 22.6 Å². The van der Waals surface area contributed by atoms with Crippen LogP contribution in [0.5, 0.6) is 0 Å². The van der Waals surface area contributed by atoms with Crippen LogP contribution in [0.25, 0.3) is 0 Å². The standard InChI is InChI=1S/C17H30INO3/c1-21-15-10-6-7-11-16(15)22-17(20)12-19(13-18)14-8-4-2-3-5-9-14/h14-16H,2-13H2,1H3/p+1/t15-,16-/m1/s1. The van der Waals surface area contributed by atoms with Gasteiger partial charge in [0.15, 0.2) is 6.54 Å². The lowest BCUT2D eigenvalue weighted by atomic mass is 9.94. The van der Waals surface area contributed by atoms with Gasteiger partial charge in [0.1, 0.15) is 10.7 Å². The molecular formula is C17H31INO3+. The summed E-state index contributed by atoms with van der Waals surface area (Å²) in [4.78, 5) is 13.8. The Morgan fingerprint density at radius 1 is 1.00 bits per heavy atom. The van der Waals surface area contributed by atoms with Crippen LogP contribution < -0.4 is 4.90 Å². The summed E-state index contributed by atoms with van der Waals surface area (Å²) in [5.41, 5.74) is 0. The van der Waals surface area contributed by atoms with E-state index in [0.29, 0.717) is 12.6 Å². The minimum absolute atomic E-state index is 0.0316. The molecule has 0 saturated heterocycles. The Morgan fingerprint density at radius 2 is 1.59 bits per heavy atom. The number of hydrogen-bond donors (Lipinski definition) is 1. The molecular weight excluding hydrogens is 393 g/mol. The molecule has 0 aromatic rings. The number of carbonyl (C=O) groups excluding carboxylic acids is 1. The Balaban J connectivity index is 1.82. The summed E-state index contributed by atoms with van der Waals surface area (Å²) in [5, 5.41) is 0. The predicted octanol–water partition coefficient (Wildman–Crippen LogP) is 2.49. The molecule has 128 valence electrons. The van der Waals surface area contributed by atoms with Gasteiger partial charge in [-0.3, -0.25) is 0 Å². The van der Waals surface area contributed by atoms with Gasteiger partial charge in [-0.05, 0) is 67.5 Å². The van der Waals surface area contributed by atoms with Gasteiger partial charge in [0, 0.05) is 7.11 Å². The van der Waals surface area contributed by atoms with E-state index in [0.717, 1.165) is 23.8 Å². The number of esters is 1. The van der Waals surface area contributed by atoms with E-state index in [4.69, 9.17) is 9.47 Å². The molecule has 0 aromatic carbocycles. The van der Waals surface area contributed by atoms with Crippen molar-refractivity contribution in [1.82, 2.24) is 0 Å². The highest BCUT2D eigenvalue weighted by Gasteiger charge is 2.31. The molecule has 0 aliphatic heterocycles. The van der Waals surface area contributed by atoms with Crippen LogP contribution in [0.1, 0.15) is 64.2 Å². The molecule has 2 aliphatic rings. The molecule has 5 heteroatoms. The molecule has 1 N–H and O–H groups in total. The highest BCUT2D eigenvalue weighted by atomic mass is 127. The fourth-order valence-electron chi connectivity index (χ4n) is 3.85. The topological polar surface area (TPSA) is 40.0 Å². The molecule has 4 nitrogen and oxygen atoms in total. The van der Waals surface area contributed by atoms with E-state index in [9.17, 15) is 4.79 Å². The first-order valence-electron chi connectivity index (χ1n) is 8.87. The zero-order chi connectivity index (χ0) is 15.8. The van der Waals surface area contributed by atoms with Crippen molar-refractivity contribution >= 4 is 28.6 Å². The number of methoxy groups -OCH3 is 1. The van der Waals surface area contributed by atoms with Crippen molar-refractivity contribution < 1.29 is 19.2 Å². The first kappa shape index (κ1) is 18.5. The highest BCUT2D eigenvalue weighted by Crippen LogP contribution is 2.23. The van der Waals surface area contributed by atoms with E-state index in [1.165, 1.54) is 49.8 Å². The number of halogens is 1. The predicted molar refractivity (Wildman–Crippen MR) is 95.4 cm³/mol. The molecule has 0 aromatic heterocycles. The van der Waals surface area contributed by atoms with E-state index in [2.05, 4.69) is 22.6 Å². The number of ether oxygens (including phenoxy) is 2. The van der Waals surface area contributed by atoms with Crippen molar-refractivity contribution in [2.45, 2.75) is 82.5 Å². The highest BCUT2D eigenvalue weighted by molar-refractivity contribution is 14.1. The summed E-state index contributed by atoms with van der Waals surface area (Å²) in [5.74, 6) is -0.0372. The van der Waals surface area contributed by atoms with Crippen LogP contribution in [0.4, 0.5) is 0 Å². The van der Waals surface area contributed by atoms with E-state index < -0.39 is 0 Å². The Morgan fingerprint density at radius 3 is 2.18 bits per heavy atom. The van der Waals surface area contributed by atoms with Crippen molar-refractivity contribution in [2.75, 3.05) is 18.2 Å². The van der Waals surface area contributed by atoms with Crippen LogP contribution in [-0.4, -0.2) is 42.4 Å². The third-order valence-electron chi connectivity index (χ3n) is 5.20. The van der Waals surface area contributed by atoms with Gasteiger partial charge in [0.25, 0.3) is 0 Å². The fraction of sp³-hybridized carbons (Fsp3) is 0.941. The molecule has 0 bridgehead atoms. The van der Waals surface area contributed by atoms with E-state index in [-0.39, 0.29) is 18.2 Å². The molecule has 3 atom stereocenters. The van der Waals surface area contributed by atoms with Crippen LogP contribution in [0, 0.1) is 0 Å². The average Bonchev–Trinajstić information content (AvgIpc) is 2.82. The van der Waals surface area contributed by atoms with Gasteiger partial charge in [-0.15, -0.1) is 0 Å². The molecule has 2 saturated carbocycles. The van der Waals surface area contributed by atoms with Crippen LogP contribution in [0.15, 0.2) is 0 Å². The summed E-state index contributed by atoms with van der Waals surface area (Å²) in [6.45, 7) is 0.514. The zero-order valence-corrected chi connectivity index (χ0v) is 16.0. The van der Waals surface area contributed by atoms with Gasteiger partial charge in [0.05, 0.1) is 12.1 Å². The molecule has 0 amide bonds. The number of hydrogen-bond acceptors (Lipinski definition) is 3. The van der Waals surface area contributed by atoms with E-state index >= 15 is 0 Å². The van der Waals surface area contributed by atoms with Gasteiger partial charge in [0.2, 0.25) is 0 Å². The van der Waals surface area contributed by atoms with Crippen molar-refractivity contribution in [2.24, 2.45) is 0 Å². The molecule has 0 heterocycles. The quantitative estimate of drug-likeness (QED) is 0.234. The van der Waals surface area contributed by atoms with Crippen LogP contribution in [0.3, 0.4) is 0 Å². The first-order chi connectivity index (χ1) is 10.7. The van der Waals surface area contributed by atoms with Crippen molar-refractivity contribution in [3.8, 4) is 0 Å². The smallest absolute Gasteiger partial charge is 0.362 e. The minimum atomic E-state index is -0.0372. The maximum absolute atomic E-state index is 12.4. The molecule has 2 rings (SSSR count). The van der Waals surface area contributed by atoms with Crippen LogP contribution in [-0.2, 0) is 14.3 Å². The van der Waals surface area contributed by atoms with Crippen LogP contribution in [0.2, 0.25) is 0 Å². The summed E-state index contributed by atoms with van der Waals surface area (Å²) >= 11 is 2.41. The number of rotatable bonds is 6. The summed E-state index contributed by atoms with van der Waals surface area (Å²) < 4.78 is 12.2. The molecule has 2 aliphatic carbocycles. The molecule has 1 unspecified atom stereocenters. The van der Waals surface area contributed by atoms with Gasteiger partial charge in [-0.25, -0.2) is 4.79 Å². The van der Waals surface area contributed by atoms with Gasteiger partial charge in [-0.2, -0.15) is 0 Å².